The third-order valence-electron chi connectivity index (χ3n) is 1.28. The van der Waals surface area contributed by atoms with Crippen LogP contribution in [0.1, 0.15) is 26.2 Å². The van der Waals surface area contributed by atoms with Gasteiger partial charge in [-0.15, -0.1) is 0 Å². The number of unbranched alkanes of at least 4 members (excludes halogenated alkanes) is 1. The smallest absolute Gasteiger partial charge is 0.333 e. The van der Waals surface area contributed by atoms with E-state index in [1.54, 1.807) is 0 Å². The normalized spacial score (nSPS) is 11.5. The molecule has 0 aromatic heterocycles. The summed E-state index contributed by atoms with van der Waals surface area (Å²) >= 11 is 0. The van der Waals surface area contributed by atoms with E-state index >= 15 is 0 Å². The van der Waals surface area contributed by atoms with Gasteiger partial charge in [-0.2, -0.15) is 0 Å². The maximum absolute atomic E-state index is 10.3. The third-order valence-corrected chi connectivity index (χ3v) is 1.28. The minimum Gasteiger partial charge on any atom is -0.478 e. The second-order valence-electron chi connectivity index (χ2n) is 2.10. The highest BCUT2D eigenvalue weighted by Gasteiger charge is 2.03. The summed E-state index contributed by atoms with van der Waals surface area (Å²) in [7, 11) is 0. The largest absolute Gasteiger partial charge is 0.478 e. The number of rotatable bonds is 4. The molecule has 0 unspecified atom stereocenters. The summed E-state index contributed by atoms with van der Waals surface area (Å²) in [6.45, 7) is 2.01. The Bertz CT molecular complexity index is 141. The monoisotopic (exact) mass is 143 g/mol. The van der Waals surface area contributed by atoms with Crippen LogP contribution in [0.25, 0.3) is 0 Å². The van der Waals surface area contributed by atoms with Crippen LogP contribution in [0.2, 0.25) is 0 Å². The first-order valence-corrected chi connectivity index (χ1v) is 3.36. The minimum absolute atomic E-state index is 0.307. The fraction of sp³-hybridized carbons (Fsp3) is 0.571. The first-order valence-electron chi connectivity index (χ1n) is 3.36. The summed E-state index contributed by atoms with van der Waals surface area (Å²) in [6, 6.07) is 0. The van der Waals surface area contributed by atoms with Crippen LogP contribution in [0, 0.1) is 0 Å². The van der Waals surface area contributed by atoms with E-state index in [1.807, 2.05) is 6.92 Å². The standard InChI is InChI=1S/C7H13NO2/c1-2-3-4-6(5-8)7(9)10/h5H,2-4,8H2,1H3,(H,9,10). The van der Waals surface area contributed by atoms with Crippen molar-refractivity contribution in [2.24, 2.45) is 5.73 Å². The molecule has 0 aromatic rings. The van der Waals surface area contributed by atoms with Gasteiger partial charge in [-0.3, -0.25) is 0 Å². The van der Waals surface area contributed by atoms with Crippen molar-refractivity contribution >= 4 is 5.97 Å². The molecular formula is C7H13NO2. The lowest BCUT2D eigenvalue weighted by Gasteiger charge is -1.97. The van der Waals surface area contributed by atoms with Gasteiger partial charge in [0.2, 0.25) is 0 Å². The van der Waals surface area contributed by atoms with E-state index in [0.29, 0.717) is 12.0 Å². The van der Waals surface area contributed by atoms with Crippen molar-refractivity contribution in [1.82, 2.24) is 0 Å². The molecule has 0 rings (SSSR count). The lowest BCUT2D eigenvalue weighted by atomic mass is 10.1. The van der Waals surface area contributed by atoms with Gasteiger partial charge in [0.1, 0.15) is 0 Å². The molecule has 0 bridgehead atoms. The predicted molar refractivity (Wildman–Crippen MR) is 39.4 cm³/mol. The van der Waals surface area contributed by atoms with Gasteiger partial charge in [-0.1, -0.05) is 13.3 Å². The summed E-state index contributed by atoms with van der Waals surface area (Å²) in [5, 5.41) is 8.45. The van der Waals surface area contributed by atoms with Gasteiger partial charge < -0.3 is 10.8 Å². The van der Waals surface area contributed by atoms with Gasteiger partial charge in [0.05, 0.1) is 5.57 Å². The lowest BCUT2D eigenvalue weighted by Crippen LogP contribution is -2.02. The fourth-order valence-corrected chi connectivity index (χ4v) is 0.629. The van der Waals surface area contributed by atoms with E-state index in [1.165, 1.54) is 0 Å². The van der Waals surface area contributed by atoms with E-state index in [2.05, 4.69) is 0 Å². The zero-order valence-corrected chi connectivity index (χ0v) is 6.13. The highest BCUT2D eigenvalue weighted by molar-refractivity contribution is 5.86. The predicted octanol–water partition coefficient (Wildman–Crippen LogP) is 1.10. The molecular weight excluding hydrogens is 130 g/mol. The van der Waals surface area contributed by atoms with Gasteiger partial charge in [0.15, 0.2) is 0 Å². The third kappa shape index (κ3) is 3.12. The summed E-state index contributed by atoms with van der Waals surface area (Å²) in [6.07, 6.45) is 3.61. The average Bonchev–Trinajstić information content (AvgIpc) is 1.89. The van der Waals surface area contributed by atoms with Gasteiger partial charge in [-0.25, -0.2) is 4.79 Å². The molecule has 0 aliphatic carbocycles. The molecule has 0 saturated heterocycles. The molecule has 0 aromatic carbocycles. The number of carbonyl (C=O) groups is 1. The van der Waals surface area contributed by atoms with Crippen molar-refractivity contribution in [1.29, 1.82) is 0 Å². The number of hydrogen-bond donors (Lipinski definition) is 2. The molecule has 0 spiro atoms. The van der Waals surface area contributed by atoms with Crippen LogP contribution in [0.4, 0.5) is 0 Å². The Balaban J connectivity index is 3.74. The van der Waals surface area contributed by atoms with Gasteiger partial charge in [0, 0.05) is 6.20 Å². The molecule has 58 valence electrons. The van der Waals surface area contributed by atoms with Crippen molar-refractivity contribution in [3.63, 3.8) is 0 Å². The molecule has 0 aliphatic rings. The number of carboxylic acids is 1. The Morgan fingerprint density at radius 1 is 1.70 bits per heavy atom. The molecule has 0 radical (unpaired) electrons. The molecule has 3 heteroatoms. The number of nitrogens with two attached hydrogens (primary N) is 1. The van der Waals surface area contributed by atoms with Crippen LogP contribution in [0.5, 0.6) is 0 Å². The van der Waals surface area contributed by atoms with Crippen molar-refractivity contribution in [2.75, 3.05) is 0 Å². The Morgan fingerprint density at radius 2 is 2.30 bits per heavy atom. The summed E-state index contributed by atoms with van der Waals surface area (Å²) in [5.41, 5.74) is 5.38. The van der Waals surface area contributed by atoms with Crippen molar-refractivity contribution in [3.05, 3.63) is 11.8 Å². The van der Waals surface area contributed by atoms with Crippen LogP contribution < -0.4 is 5.73 Å². The minimum atomic E-state index is -0.907. The van der Waals surface area contributed by atoms with E-state index in [4.69, 9.17) is 10.8 Å². The van der Waals surface area contributed by atoms with Crippen molar-refractivity contribution < 1.29 is 9.90 Å². The molecule has 0 amide bonds. The molecule has 0 fully saturated rings. The van der Waals surface area contributed by atoms with Gasteiger partial charge in [-0.05, 0) is 12.8 Å². The Labute approximate surface area is 60.5 Å². The van der Waals surface area contributed by atoms with Crippen molar-refractivity contribution in [3.8, 4) is 0 Å². The zero-order valence-electron chi connectivity index (χ0n) is 6.13. The lowest BCUT2D eigenvalue weighted by molar-refractivity contribution is -0.132. The summed E-state index contributed by atoms with van der Waals surface area (Å²) in [4.78, 5) is 10.3. The number of aliphatic carboxylic acids is 1. The van der Waals surface area contributed by atoms with E-state index in [0.717, 1.165) is 19.0 Å². The summed E-state index contributed by atoms with van der Waals surface area (Å²) < 4.78 is 0. The van der Waals surface area contributed by atoms with Gasteiger partial charge in [0.25, 0.3) is 0 Å². The zero-order chi connectivity index (χ0) is 7.98. The second kappa shape index (κ2) is 4.85. The first kappa shape index (κ1) is 9.01. The Kier molecular flexibility index (Phi) is 4.37. The molecule has 0 heterocycles. The SMILES string of the molecule is CCCCC(=CN)C(=O)O. The second-order valence-corrected chi connectivity index (χ2v) is 2.10. The highest BCUT2D eigenvalue weighted by atomic mass is 16.4. The first-order chi connectivity index (χ1) is 4.72. The maximum atomic E-state index is 10.3. The number of hydrogen-bond acceptors (Lipinski definition) is 2. The molecule has 0 saturated carbocycles. The van der Waals surface area contributed by atoms with Crippen LogP contribution >= 0.6 is 0 Å². The molecule has 0 atom stereocenters. The molecule has 3 N–H and O–H groups in total. The van der Waals surface area contributed by atoms with E-state index in [9.17, 15) is 4.79 Å². The topological polar surface area (TPSA) is 63.3 Å². The molecule has 0 aliphatic heterocycles. The quantitative estimate of drug-likeness (QED) is 0.579. The van der Waals surface area contributed by atoms with Crippen LogP contribution in [-0.4, -0.2) is 11.1 Å². The number of carboxylic acid groups (broad SMARTS) is 1. The summed E-state index contributed by atoms with van der Waals surface area (Å²) in [5.74, 6) is -0.907. The van der Waals surface area contributed by atoms with Crippen LogP contribution in [-0.2, 0) is 4.79 Å². The fourth-order valence-electron chi connectivity index (χ4n) is 0.629. The molecule has 3 nitrogen and oxygen atoms in total. The Hall–Kier alpha value is -0.990. The van der Waals surface area contributed by atoms with Gasteiger partial charge >= 0.3 is 5.97 Å². The van der Waals surface area contributed by atoms with E-state index in [-0.39, 0.29) is 0 Å². The van der Waals surface area contributed by atoms with E-state index < -0.39 is 5.97 Å². The van der Waals surface area contributed by atoms with Crippen LogP contribution in [0.3, 0.4) is 0 Å². The Morgan fingerprint density at radius 3 is 2.60 bits per heavy atom. The van der Waals surface area contributed by atoms with Crippen molar-refractivity contribution in [2.45, 2.75) is 26.2 Å². The van der Waals surface area contributed by atoms with Crippen LogP contribution in [0.15, 0.2) is 11.8 Å². The molecule has 10 heavy (non-hydrogen) atoms. The highest BCUT2D eigenvalue weighted by Crippen LogP contribution is 2.05. The average molecular weight is 143 g/mol. The maximum Gasteiger partial charge on any atom is 0.333 e.